The van der Waals surface area contributed by atoms with Crippen molar-refractivity contribution in [2.24, 2.45) is 0 Å². The summed E-state index contributed by atoms with van der Waals surface area (Å²) in [5, 5.41) is 21.3. The van der Waals surface area contributed by atoms with E-state index < -0.39 is 23.5 Å². The number of amides is 1. The van der Waals surface area contributed by atoms with Gasteiger partial charge in [0.1, 0.15) is 11.6 Å². The van der Waals surface area contributed by atoms with E-state index in [9.17, 15) is 19.1 Å². The summed E-state index contributed by atoms with van der Waals surface area (Å²) in [5.41, 5.74) is 1.53. The molecule has 1 aliphatic heterocycles. The molecule has 0 saturated heterocycles. The first-order valence-corrected chi connectivity index (χ1v) is 13.9. The fourth-order valence-corrected chi connectivity index (χ4v) is 6.39. The molecular weight excluding hydrogens is 534 g/mol. The number of aromatic nitrogens is 2. The number of carbonyl (C=O) groups is 2. The second-order valence-corrected chi connectivity index (χ2v) is 11.0. The van der Waals surface area contributed by atoms with Crippen LogP contribution in [0.4, 0.5) is 9.52 Å². The second-order valence-electron chi connectivity index (χ2n) is 7.91. The van der Waals surface area contributed by atoms with Crippen LogP contribution in [0.15, 0.2) is 81.7 Å². The molecule has 0 saturated carbocycles. The largest absolute Gasteiger partial charge is 0.503 e. The highest BCUT2D eigenvalue weighted by atomic mass is 32.2. The van der Waals surface area contributed by atoms with Gasteiger partial charge in [-0.1, -0.05) is 53.4 Å². The third kappa shape index (κ3) is 5.15. The van der Waals surface area contributed by atoms with Crippen molar-refractivity contribution in [3.8, 4) is 5.75 Å². The molecule has 0 spiro atoms. The van der Waals surface area contributed by atoms with Gasteiger partial charge in [-0.25, -0.2) is 4.39 Å². The Hall–Kier alpha value is -3.54. The fourth-order valence-electron chi connectivity index (χ4n) is 3.89. The van der Waals surface area contributed by atoms with Crippen molar-refractivity contribution in [2.45, 2.75) is 23.1 Å². The number of aliphatic hydroxyl groups is 1. The molecule has 5 rings (SSSR count). The van der Waals surface area contributed by atoms with E-state index in [1.165, 1.54) is 51.5 Å². The highest BCUT2D eigenvalue weighted by molar-refractivity contribution is 8.00. The third-order valence-electron chi connectivity index (χ3n) is 5.58. The summed E-state index contributed by atoms with van der Waals surface area (Å²) >= 11 is 3.81. The van der Waals surface area contributed by atoms with Gasteiger partial charge in [-0.05, 0) is 53.8 Å². The standard InChI is InChI=1S/C26H20FN3O4S3/c1-2-34-18-11-7-16(8-12-18)21-20(22(31)19-4-3-13-35-19)23(32)24(33)30(21)25-28-29-26(37-25)36-14-15-5-9-17(27)10-6-15/h3-13,21,32H,2,14H2,1H3. The van der Waals surface area contributed by atoms with Gasteiger partial charge in [0.05, 0.1) is 23.1 Å². The zero-order valence-corrected chi connectivity index (χ0v) is 21.9. The molecule has 3 heterocycles. The van der Waals surface area contributed by atoms with Gasteiger partial charge in [-0.3, -0.25) is 14.5 Å². The summed E-state index contributed by atoms with van der Waals surface area (Å²) in [7, 11) is 0. The molecule has 2 aromatic carbocycles. The number of thiophene rings is 1. The van der Waals surface area contributed by atoms with Crippen molar-refractivity contribution in [1.29, 1.82) is 0 Å². The molecule has 188 valence electrons. The molecule has 0 fully saturated rings. The monoisotopic (exact) mass is 553 g/mol. The van der Waals surface area contributed by atoms with Crippen LogP contribution in [0, 0.1) is 5.82 Å². The van der Waals surface area contributed by atoms with Crippen molar-refractivity contribution in [1.82, 2.24) is 10.2 Å². The molecule has 0 aliphatic carbocycles. The van der Waals surface area contributed by atoms with E-state index >= 15 is 0 Å². The lowest BCUT2D eigenvalue weighted by Gasteiger charge is -2.24. The number of halogens is 1. The van der Waals surface area contributed by atoms with Crippen molar-refractivity contribution < 1.29 is 23.8 Å². The van der Waals surface area contributed by atoms with E-state index in [0.29, 0.717) is 32.9 Å². The first-order valence-electron chi connectivity index (χ1n) is 11.2. The maximum Gasteiger partial charge on any atom is 0.296 e. The van der Waals surface area contributed by atoms with Crippen LogP contribution in [-0.4, -0.2) is 33.6 Å². The van der Waals surface area contributed by atoms with Gasteiger partial charge < -0.3 is 9.84 Å². The average molecular weight is 554 g/mol. The number of carbonyl (C=O) groups excluding carboxylic acids is 2. The van der Waals surface area contributed by atoms with Gasteiger partial charge in [0.25, 0.3) is 5.91 Å². The lowest BCUT2D eigenvalue weighted by atomic mass is 9.95. The van der Waals surface area contributed by atoms with Gasteiger partial charge in [0.2, 0.25) is 10.9 Å². The number of benzene rings is 2. The summed E-state index contributed by atoms with van der Waals surface area (Å²) in [6, 6.07) is 15.7. The summed E-state index contributed by atoms with van der Waals surface area (Å²) in [4.78, 5) is 28.4. The van der Waals surface area contributed by atoms with Crippen LogP contribution in [-0.2, 0) is 10.5 Å². The van der Waals surface area contributed by atoms with Gasteiger partial charge in [0, 0.05) is 5.75 Å². The van der Waals surface area contributed by atoms with Crippen molar-refractivity contribution in [3.05, 3.63) is 99.2 Å². The molecule has 0 bridgehead atoms. The molecule has 4 aromatic rings. The molecule has 1 amide bonds. The molecule has 37 heavy (non-hydrogen) atoms. The van der Waals surface area contributed by atoms with Gasteiger partial charge in [-0.2, -0.15) is 0 Å². The normalized spacial score (nSPS) is 15.5. The van der Waals surface area contributed by atoms with Crippen LogP contribution in [0.1, 0.15) is 33.8 Å². The summed E-state index contributed by atoms with van der Waals surface area (Å²) < 4.78 is 19.3. The minimum atomic E-state index is -0.888. The zero-order chi connectivity index (χ0) is 25.9. The lowest BCUT2D eigenvalue weighted by molar-refractivity contribution is -0.117. The number of rotatable bonds is 9. The van der Waals surface area contributed by atoms with Crippen LogP contribution in [0.5, 0.6) is 5.75 Å². The maximum atomic E-state index is 13.4. The number of ketones is 1. The Kier molecular flexibility index (Phi) is 7.36. The van der Waals surface area contributed by atoms with Crippen LogP contribution >= 0.6 is 34.4 Å². The Morgan fingerprint density at radius 1 is 1.14 bits per heavy atom. The van der Waals surface area contributed by atoms with Crippen LogP contribution < -0.4 is 9.64 Å². The SMILES string of the molecule is CCOc1ccc(C2C(C(=O)c3cccs3)=C(O)C(=O)N2c2nnc(SCc3ccc(F)cc3)s2)cc1. The van der Waals surface area contributed by atoms with E-state index in [4.69, 9.17) is 4.74 Å². The number of hydrogen-bond acceptors (Lipinski definition) is 9. The third-order valence-corrected chi connectivity index (χ3v) is 8.58. The predicted octanol–water partition coefficient (Wildman–Crippen LogP) is 6.21. The quantitative estimate of drug-likeness (QED) is 0.150. The van der Waals surface area contributed by atoms with Gasteiger partial charge in [-0.15, -0.1) is 21.5 Å². The number of hydrogen-bond donors (Lipinski definition) is 1. The molecule has 0 radical (unpaired) electrons. The Morgan fingerprint density at radius 3 is 2.57 bits per heavy atom. The Balaban J connectivity index is 1.47. The van der Waals surface area contributed by atoms with Crippen LogP contribution in [0.3, 0.4) is 0 Å². The molecule has 1 unspecified atom stereocenters. The number of anilines is 1. The minimum Gasteiger partial charge on any atom is -0.503 e. The van der Waals surface area contributed by atoms with Crippen molar-refractivity contribution >= 4 is 51.3 Å². The van der Waals surface area contributed by atoms with E-state index in [1.54, 1.807) is 53.9 Å². The van der Waals surface area contributed by atoms with E-state index in [0.717, 1.165) is 5.56 Å². The molecule has 7 nitrogen and oxygen atoms in total. The Bertz CT molecular complexity index is 1450. The summed E-state index contributed by atoms with van der Waals surface area (Å²) in [6.45, 7) is 2.38. The number of thioether (sulfide) groups is 1. The summed E-state index contributed by atoms with van der Waals surface area (Å²) in [5.74, 6) is -0.857. The molecule has 2 aromatic heterocycles. The van der Waals surface area contributed by atoms with Crippen LogP contribution in [0.25, 0.3) is 0 Å². The van der Waals surface area contributed by atoms with Crippen molar-refractivity contribution in [3.63, 3.8) is 0 Å². The lowest BCUT2D eigenvalue weighted by Crippen LogP contribution is -2.31. The molecular formula is C26H20FN3O4S3. The van der Waals surface area contributed by atoms with E-state index in [-0.39, 0.29) is 16.5 Å². The highest BCUT2D eigenvalue weighted by Gasteiger charge is 2.46. The molecule has 1 atom stereocenters. The van der Waals surface area contributed by atoms with Gasteiger partial charge >= 0.3 is 0 Å². The van der Waals surface area contributed by atoms with E-state index in [2.05, 4.69) is 10.2 Å². The zero-order valence-electron chi connectivity index (χ0n) is 19.5. The molecule has 11 heteroatoms. The molecule has 1 aliphatic rings. The minimum absolute atomic E-state index is 0.00711. The Labute approximate surface area is 224 Å². The molecule has 1 N–H and O–H groups in total. The maximum absolute atomic E-state index is 13.4. The number of nitrogens with zero attached hydrogens (tertiary/aromatic N) is 3. The van der Waals surface area contributed by atoms with Crippen molar-refractivity contribution in [2.75, 3.05) is 11.5 Å². The topological polar surface area (TPSA) is 92.6 Å². The Morgan fingerprint density at radius 2 is 1.89 bits per heavy atom. The smallest absolute Gasteiger partial charge is 0.296 e. The first kappa shape index (κ1) is 25.1. The second kappa shape index (κ2) is 10.8. The predicted molar refractivity (Wildman–Crippen MR) is 142 cm³/mol. The fraction of sp³-hybridized carbons (Fsp3) is 0.154. The summed E-state index contributed by atoms with van der Waals surface area (Å²) in [6.07, 6.45) is 0. The van der Waals surface area contributed by atoms with E-state index in [1.807, 2.05) is 6.92 Å². The van der Waals surface area contributed by atoms with Gasteiger partial charge in [0.15, 0.2) is 10.1 Å². The van der Waals surface area contributed by atoms with Crippen LogP contribution in [0.2, 0.25) is 0 Å². The number of ether oxygens (including phenoxy) is 1. The highest BCUT2D eigenvalue weighted by Crippen LogP contribution is 2.44. The average Bonchev–Trinajstić information content (AvgIpc) is 3.65. The first-order chi connectivity index (χ1) is 18.0. The number of aliphatic hydroxyl groups excluding tert-OH is 1. The number of Topliss-reactive ketones (excluding diaryl/α,β-unsaturated/α-hetero) is 1.